The third kappa shape index (κ3) is 3.91. The fourth-order valence-electron chi connectivity index (χ4n) is 2.67. The molecule has 1 aromatic carbocycles. The molecule has 2 nitrogen and oxygen atoms in total. The van der Waals surface area contributed by atoms with E-state index in [1.165, 1.54) is 22.3 Å². The Morgan fingerprint density at radius 2 is 1.75 bits per heavy atom. The van der Waals surface area contributed by atoms with E-state index in [0.717, 1.165) is 6.42 Å². The lowest BCUT2D eigenvalue weighted by Gasteiger charge is -2.22. The van der Waals surface area contributed by atoms with Gasteiger partial charge in [0.2, 0.25) is 0 Å². The summed E-state index contributed by atoms with van der Waals surface area (Å²) in [6.07, 6.45) is 4.74. The van der Waals surface area contributed by atoms with Crippen LogP contribution in [0, 0.1) is 13.8 Å². The minimum atomic E-state index is 0.367. The highest BCUT2D eigenvalue weighted by atomic mass is 14.9. The number of rotatable bonds is 5. The fraction of sp³-hybridized carbons (Fsp3) is 0.389. The second-order valence-electron chi connectivity index (χ2n) is 5.71. The zero-order valence-electron chi connectivity index (χ0n) is 12.9. The molecule has 0 aliphatic rings. The van der Waals surface area contributed by atoms with Crippen molar-refractivity contribution in [3.8, 4) is 0 Å². The number of aromatic nitrogens is 1. The summed E-state index contributed by atoms with van der Waals surface area (Å²) in [7, 11) is 0. The molecule has 0 aliphatic carbocycles. The molecule has 2 atom stereocenters. The number of hydrogen-bond donors (Lipinski definition) is 1. The van der Waals surface area contributed by atoms with Crippen LogP contribution in [0.1, 0.15) is 42.1 Å². The van der Waals surface area contributed by atoms with Crippen molar-refractivity contribution >= 4 is 0 Å². The van der Waals surface area contributed by atoms with E-state index in [1.807, 2.05) is 12.4 Å². The summed E-state index contributed by atoms with van der Waals surface area (Å²) in [5.41, 5.74) is 5.40. The first kappa shape index (κ1) is 14.7. The predicted octanol–water partition coefficient (Wildman–Crippen LogP) is 3.98. The van der Waals surface area contributed by atoms with Gasteiger partial charge in [0.15, 0.2) is 0 Å². The van der Waals surface area contributed by atoms with Crippen LogP contribution in [0.5, 0.6) is 0 Å². The number of benzene rings is 1. The molecule has 0 fully saturated rings. The Labute approximate surface area is 122 Å². The minimum absolute atomic E-state index is 0.367. The fourth-order valence-corrected chi connectivity index (χ4v) is 2.67. The second kappa shape index (κ2) is 6.67. The van der Waals surface area contributed by atoms with E-state index in [4.69, 9.17) is 0 Å². The van der Waals surface area contributed by atoms with E-state index in [9.17, 15) is 0 Å². The van der Waals surface area contributed by atoms with Gasteiger partial charge in [-0.1, -0.05) is 23.8 Å². The molecule has 0 spiro atoms. The number of aryl methyl sites for hydroxylation is 2. The quantitative estimate of drug-likeness (QED) is 0.887. The summed E-state index contributed by atoms with van der Waals surface area (Å²) < 4.78 is 0. The summed E-state index contributed by atoms with van der Waals surface area (Å²) in [5, 5.41) is 3.69. The Kier molecular flexibility index (Phi) is 4.91. The van der Waals surface area contributed by atoms with Crippen molar-refractivity contribution in [2.24, 2.45) is 0 Å². The summed E-state index contributed by atoms with van der Waals surface area (Å²) in [6.45, 7) is 8.81. The molecule has 0 saturated heterocycles. The molecule has 2 aromatic rings. The van der Waals surface area contributed by atoms with Gasteiger partial charge in [-0.2, -0.15) is 0 Å². The van der Waals surface area contributed by atoms with Crippen LogP contribution in [0.2, 0.25) is 0 Å². The first-order valence-corrected chi connectivity index (χ1v) is 7.28. The van der Waals surface area contributed by atoms with Crippen LogP contribution >= 0.6 is 0 Å². The molecule has 1 N–H and O–H groups in total. The molecule has 106 valence electrons. The summed E-state index contributed by atoms with van der Waals surface area (Å²) in [4.78, 5) is 4.06. The molecule has 0 aliphatic heterocycles. The topological polar surface area (TPSA) is 24.9 Å². The SMILES string of the molecule is Cc1ccc(C)c([C@H](C)N[C@H](C)Cc2ccncc2)c1. The molecular formula is C18H24N2. The van der Waals surface area contributed by atoms with Crippen molar-refractivity contribution in [3.05, 3.63) is 65.0 Å². The van der Waals surface area contributed by atoms with E-state index >= 15 is 0 Å². The molecule has 1 heterocycles. The van der Waals surface area contributed by atoms with Gasteiger partial charge in [-0.15, -0.1) is 0 Å². The van der Waals surface area contributed by atoms with Gasteiger partial charge < -0.3 is 5.32 Å². The lowest BCUT2D eigenvalue weighted by Crippen LogP contribution is -2.31. The van der Waals surface area contributed by atoms with E-state index in [2.05, 4.69) is 68.3 Å². The molecular weight excluding hydrogens is 244 g/mol. The average Bonchev–Trinajstić information content (AvgIpc) is 2.42. The smallest absolute Gasteiger partial charge is 0.0297 e. The highest BCUT2D eigenvalue weighted by Crippen LogP contribution is 2.19. The normalized spacial score (nSPS) is 14.0. The minimum Gasteiger partial charge on any atom is -0.307 e. The molecule has 20 heavy (non-hydrogen) atoms. The van der Waals surface area contributed by atoms with Gasteiger partial charge in [0.25, 0.3) is 0 Å². The zero-order valence-corrected chi connectivity index (χ0v) is 12.9. The van der Waals surface area contributed by atoms with Crippen LogP contribution in [0.3, 0.4) is 0 Å². The molecule has 0 unspecified atom stereocenters. The molecule has 0 radical (unpaired) electrons. The van der Waals surface area contributed by atoms with Crippen LogP contribution in [0.25, 0.3) is 0 Å². The molecule has 2 heteroatoms. The molecule has 0 amide bonds. The largest absolute Gasteiger partial charge is 0.307 e. The predicted molar refractivity (Wildman–Crippen MR) is 84.9 cm³/mol. The Bertz CT molecular complexity index is 549. The summed E-state index contributed by atoms with van der Waals surface area (Å²) in [6, 6.07) is 11.6. The van der Waals surface area contributed by atoms with Crippen LogP contribution in [-0.2, 0) is 6.42 Å². The Hall–Kier alpha value is -1.67. The standard InChI is InChI=1S/C18H24N2/c1-13-5-6-14(2)18(11-13)16(4)20-15(3)12-17-7-9-19-10-8-17/h5-11,15-16,20H,12H2,1-4H3/t15-,16+/m1/s1. The van der Waals surface area contributed by atoms with Gasteiger partial charge in [-0.05, 0) is 62.9 Å². The van der Waals surface area contributed by atoms with Gasteiger partial charge in [-0.3, -0.25) is 4.98 Å². The van der Waals surface area contributed by atoms with E-state index < -0.39 is 0 Å². The second-order valence-corrected chi connectivity index (χ2v) is 5.71. The third-order valence-corrected chi connectivity index (χ3v) is 3.73. The zero-order chi connectivity index (χ0) is 14.5. The first-order valence-electron chi connectivity index (χ1n) is 7.28. The van der Waals surface area contributed by atoms with Crippen molar-refractivity contribution in [1.82, 2.24) is 10.3 Å². The van der Waals surface area contributed by atoms with Crippen molar-refractivity contribution in [2.45, 2.75) is 46.2 Å². The molecule has 0 saturated carbocycles. The van der Waals surface area contributed by atoms with E-state index in [0.29, 0.717) is 12.1 Å². The van der Waals surface area contributed by atoms with Crippen LogP contribution in [0.15, 0.2) is 42.7 Å². The lowest BCUT2D eigenvalue weighted by atomic mass is 9.98. The third-order valence-electron chi connectivity index (χ3n) is 3.73. The van der Waals surface area contributed by atoms with Gasteiger partial charge in [0.05, 0.1) is 0 Å². The highest BCUT2D eigenvalue weighted by Gasteiger charge is 2.12. The number of pyridine rings is 1. The van der Waals surface area contributed by atoms with Crippen LogP contribution < -0.4 is 5.32 Å². The molecule has 1 aromatic heterocycles. The number of hydrogen-bond acceptors (Lipinski definition) is 2. The van der Waals surface area contributed by atoms with Crippen LogP contribution in [-0.4, -0.2) is 11.0 Å². The molecule has 2 rings (SSSR count). The van der Waals surface area contributed by atoms with Gasteiger partial charge >= 0.3 is 0 Å². The lowest BCUT2D eigenvalue weighted by molar-refractivity contribution is 0.475. The maximum absolute atomic E-state index is 4.06. The Morgan fingerprint density at radius 3 is 2.45 bits per heavy atom. The first-order chi connectivity index (χ1) is 9.56. The monoisotopic (exact) mass is 268 g/mol. The van der Waals surface area contributed by atoms with Crippen molar-refractivity contribution in [3.63, 3.8) is 0 Å². The molecule has 0 bridgehead atoms. The Morgan fingerprint density at radius 1 is 1.05 bits per heavy atom. The van der Waals surface area contributed by atoms with Crippen LogP contribution in [0.4, 0.5) is 0 Å². The highest BCUT2D eigenvalue weighted by molar-refractivity contribution is 5.32. The van der Waals surface area contributed by atoms with E-state index in [1.54, 1.807) is 0 Å². The van der Waals surface area contributed by atoms with Crippen molar-refractivity contribution in [2.75, 3.05) is 0 Å². The van der Waals surface area contributed by atoms with E-state index in [-0.39, 0.29) is 0 Å². The summed E-state index contributed by atoms with van der Waals surface area (Å²) in [5.74, 6) is 0. The van der Waals surface area contributed by atoms with Gasteiger partial charge in [-0.25, -0.2) is 0 Å². The van der Waals surface area contributed by atoms with Gasteiger partial charge in [0.1, 0.15) is 0 Å². The number of nitrogens with one attached hydrogen (secondary N) is 1. The average molecular weight is 268 g/mol. The summed E-state index contributed by atoms with van der Waals surface area (Å²) >= 11 is 0. The van der Waals surface area contributed by atoms with Gasteiger partial charge in [0, 0.05) is 24.5 Å². The van der Waals surface area contributed by atoms with Crippen molar-refractivity contribution in [1.29, 1.82) is 0 Å². The maximum atomic E-state index is 4.06. The Balaban J connectivity index is 2.00. The number of nitrogens with zero attached hydrogens (tertiary/aromatic N) is 1. The van der Waals surface area contributed by atoms with Crippen molar-refractivity contribution < 1.29 is 0 Å². The maximum Gasteiger partial charge on any atom is 0.0297 e.